The molecule has 1 aliphatic carbocycles. The predicted molar refractivity (Wildman–Crippen MR) is 51.1 cm³/mol. The zero-order chi connectivity index (χ0) is 7.68. The van der Waals surface area contributed by atoms with Gasteiger partial charge in [-0.3, -0.25) is 0 Å². The summed E-state index contributed by atoms with van der Waals surface area (Å²) in [5.74, 6) is 3.69. The van der Waals surface area contributed by atoms with Crippen LogP contribution in [0.5, 0.6) is 0 Å². The molecule has 1 saturated heterocycles. The van der Waals surface area contributed by atoms with Gasteiger partial charge in [0, 0.05) is 23.6 Å². The number of thioether (sulfide) groups is 1. The number of nitrogens with one attached hydrogen (secondary N) is 1. The molecule has 0 aromatic rings. The second-order valence-corrected chi connectivity index (χ2v) is 4.96. The van der Waals surface area contributed by atoms with Crippen LogP contribution >= 0.6 is 11.8 Å². The molecule has 0 radical (unpaired) electrons. The summed E-state index contributed by atoms with van der Waals surface area (Å²) in [6.07, 6.45) is 4.40. The van der Waals surface area contributed by atoms with E-state index in [9.17, 15) is 0 Å². The molecule has 0 aromatic carbocycles. The van der Waals surface area contributed by atoms with Crippen molar-refractivity contribution in [2.75, 3.05) is 11.5 Å². The molecule has 11 heavy (non-hydrogen) atoms. The molecule has 0 spiro atoms. The molecular weight excluding hydrogens is 154 g/mol. The predicted octanol–water partition coefficient (Wildman–Crippen LogP) is 1.88. The lowest BCUT2D eigenvalue weighted by molar-refractivity contribution is 0.232. The normalized spacial score (nSPS) is 29.2. The molecule has 2 rings (SSSR count). The lowest BCUT2D eigenvalue weighted by Crippen LogP contribution is -2.48. The van der Waals surface area contributed by atoms with Gasteiger partial charge in [0.2, 0.25) is 0 Å². The SMILES string of the molecule is C[C@@H](NC1CSC1)C1CCC1. The molecular formula is C9H17NS. The van der Waals surface area contributed by atoms with Crippen LogP contribution in [0.4, 0.5) is 0 Å². The smallest absolute Gasteiger partial charge is 0.0251 e. The van der Waals surface area contributed by atoms with Gasteiger partial charge in [-0.1, -0.05) is 6.42 Å². The third kappa shape index (κ3) is 1.73. The second kappa shape index (κ2) is 3.36. The molecule has 0 unspecified atom stereocenters. The summed E-state index contributed by atoms with van der Waals surface area (Å²) >= 11 is 2.06. The Morgan fingerprint density at radius 2 is 2.09 bits per heavy atom. The van der Waals surface area contributed by atoms with E-state index in [0.717, 1.165) is 18.0 Å². The van der Waals surface area contributed by atoms with Gasteiger partial charge in [0.05, 0.1) is 0 Å². The Bertz CT molecular complexity index is 130. The Hall–Kier alpha value is 0.310. The summed E-state index contributed by atoms with van der Waals surface area (Å²) in [7, 11) is 0. The maximum atomic E-state index is 3.70. The van der Waals surface area contributed by atoms with Gasteiger partial charge in [0.1, 0.15) is 0 Å². The molecule has 1 saturated carbocycles. The van der Waals surface area contributed by atoms with E-state index in [1.165, 1.54) is 30.8 Å². The first-order valence-electron chi connectivity index (χ1n) is 4.70. The van der Waals surface area contributed by atoms with Crippen LogP contribution in [0.1, 0.15) is 26.2 Å². The zero-order valence-corrected chi connectivity index (χ0v) is 7.99. The minimum Gasteiger partial charge on any atom is -0.310 e. The number of hydrogen-bond acceptors (Lipinski definition) is 2. The van der Waals surface area contributed by atoms with Crippen LogP contribution < -0.4 is 5.32 Å². The van der Waals surface area contributed by atoms with Crippen molar-refractivity contribution in [3.8, 4) is 0 Å². The maximum Gasteiger partial charge on any atom is 0.0251 e. The topological polar surface area (TPSA) is 12.0 Å². The molecule has 1 aliphatic heterocycles. The molecule has 1 N–H and O–H groups in total. The first-order valence-corrected chi connectivity index (χ1v) is 5.85. The Morgan fingerprint density at radius 3 is 2.45 bits per heavy atom. The van der Waals surface area contributed by atoms with E-state index in [0.29, 0.717) is 0 Å². The summed E-state index contributed by atoms with van der Waals surface area (Å²) in [6.45, 7) is 2.35. The third-order valence-corrected chi connectivity index (χ3v) is 4.27. The van der Waals surface area contributed by atoms with Crippen molar-refractivity contribution in [3.05, 3.63) is 0 Å². The van der Waals surface area contributed by atoms with Gasteiger partial charge in [-0.15, -0.1) is 0 Å². The fraction of sp³-hybridized carbons (Fsp3) is 1.00. The highest BCUT2D eigenvalue weighted by atomic mass is 32.2. The lowest BCUT2D eigenvalue weighted by Gasteiger charge is -2.37. The van der Waals surface area contributed by atoms with Gasteiger partial charge >= 0.3 is 0 Å². The van der Waals surface area contributed by atoms with Crippen LogP contribution in [-0.4, -0.2) is 23.6 Å². The van der Waals surface area contributed by atoms with Crippen molar-refractivity contribution in [2.45, 2.75) is 38.3 Å². The Balaban J connectivity index is 1.67. The van der Waals surface area contributed by atoms with Crippen LogP contribution in [0.15, 0.2) is 0 Å². The summed E-state index contributed by atoms with van der Waals surface area (Å²) in [5.41, 5.74) is 0. The van der Waals surface area contributed by atoms with E-state index in [-0.39, 0.29) is 0 Å². The van der Waals surface area contributed by atoms with Crippen LogP contribution in [0.25, 0.3) is 0 Å². The highest BCUT2D eigenvalue weighted by Gasteiger charge is 2.27. The molecule has 2 fully saturated rings. The summed E-state index contributed by atoms with van der Waals surface area (Å²) in [6, 6.07) is 1.63. The van der Waals surface area contributed by atoms with Gasteiger partial charge < -0.3 is 5.32 Å². The van der Waals surface area contributed by atoms with Gasteiger partial charge in [-0.25, -0.2) is 0 Å². The molecule has 1 nitrogen and oxygen atoms in total. The maximum absolute atomic E-state index is 3.70. The van der Waals surface area contributed by atoms with E-state index >= 15 is 0 Å². The second-order valence-electron chi connectivity index (χ2n) is 3.88. The third-order valence-electron chi connectivity index (χ3n) is 2.99. The molecule has 1 atom stereocenters. The van der Waals surface area contributed by atoms with E-state index in [4.69, 9.17) is 0 Å². The summed E-state index contributed by atoms with van der Waals surface area (Å²) in [4.78, 5) is 0. The van der Waals surface area contributed by atoms with Gasteiger partial charge in [-0.05, 0) is 25.7 Å². The molecule has 0 aromatic heterocycles. The zero-order valence-electron chi connectivity index (χ0n) is 7.18. The fourth-order valence-corrected chi connectivity index (χ4v) is 2.44. The standard InChI is InChI=1S/C9H17NS/c1-7(8-3-2-4-8)10-9-5-11-6-9/h7-10H,2-6H2,1H3/t7-/m1/s1. The van der Waals surface area contributed by atoms with Gasteiger partial charge in [-0.2, -0.15) is 11.8 Å². The van der Waals surface area contributed by atoms with Crippen LogP contribution in [0.2, 0.25) is 0 Å². The molecule has 2 heteroatoms. The van der Waals surface area contributed by atoms with Crippen LogP contribution in [0, 0.1) is 5.92 Å². The number of rotatable bonds is 3. The monoisotopic (exact) mass is 171 g/mol. The van der Waals surface area contributed by atoms with Crippen molar-refractivity contribution in [3.63, 3.8) is 0 Å². The minimum atomic E-state index is 0.787. The number of hydrogen-bond donors (Lipinski definition) is 1. The first-order chi connectivity index (χ1) is 5.36. The largest absolute Gasteiger partial charge is 0.310 e. The fourth-order valence-electron chi connectivity index (χ4n) is 1.78. The van der Waals surface area contributed by atoms with Crippen LogP contribution in [0.3, 0.4) is 0 Å². The molecule has 0 bridgehead atoms. The molecule has 2 aliphatic rings. The quantitative estimate of drug-likeness (QED) is 0.696. The highest BCUT2D eigenvalue weighted by molar-refractivity contribution is 8.00. The average molecular weight is 171 g/mol. The molecule has 0 amide bonds. The lowest BCUT2D eigenvalue weighted by atomic mass is 9.80. The molecule has 1 heterocycles. The Morgan fingerprint density at radius 1 is 1.36 bits per heavy atom. The first kappa shape index (κ1) is 7.93. The van der Waals surface area contributed by atoms with Crippen molar-refractivity contribution in [1.29, 1.82) is 0 Å². The van der Waals surface area contributed by atoms with Crippen LogP contribution in [-0.2, 0) is 0 Å². The van der Waals surface area contributed by atoms with E-state index in [1.807, 2.05) is 0 Å². The van der Waals surface area contributed by atoms with Gasteiger partial charge in [0.15, 0.2) is 0 Å². The minimum absolute atomic E-state index is 0.787. The van der Waals surface area contributed by atoms with Crippen molar-refractivity contribution in [2.24, 2.45) is 5.92 Å². The van der Waals surface area contributed by atoms with Crippen molar-refractivity contribution in [1.82, 2.24) is 5.32 Å². The van der Waals surface area contributed by atoms with Gasteiger partial charge in [0.25, 0.3) is 0 Å². The van der Waals surface area contributed by atoms with E-state index in [2.05, 4.69) is 24.0 Å². The highest BCUT2D eigenvalue weighted by Crippen LogP contribution is 2.30. The summed E-state index contributed by atoms with van der Waals surface area (Å²) < 4.78 is 0. The Kier molecular flexibility index (Phi) is 2.42. The Labute approximate surface area is 73.3 Å². The average Bonchev–Trinajstić information content (AvgIpc) is 1.74. The van der Waals surface area contributed by atoms with E-state index in [1.54, 1.807) is 0 Å². The molecule has 64 valence electrons. The van der Waals surface area contributed by atoms with E-state index < -0.39 is 0 Å². The van der Waals surface area contributed by atoms with Crippen molar-refractivity contribution < 1.29 is 0 Å². The summed E-state index contributed by atoms with van der Waals surface area (Å²) in [5, 5.41) is 3.70. The van der Waals surface area contributed by atoms with Crippen molar-refractivity contribution >= 4 is 11.8 Å².